The number of hydrogen-bond acceptors (Lipinski definition) is 5. The molecular weight excluding hydrogens is 366 g/mol. The lowest BCUT2D eigenvalue weighted by Crippen LogP contribution is -2.07. The zero-order chi connectivity index (χ0) is 18.5. The third-order valence-electron chi connectivity index (χ3n) is 4.90. The first-order valence-corrected chi connectivity index (χ1v) is 8.96. The summed E-state index contributed by atoms with van der Waals surface area (Å²) < 4.78 is 0. The van der Waals surface area contributed by atoms with Crippen LogP contribution >= 0.6 is 11.6 Å². The molecule has 2 N–H and O–H groups in total. The Morgan fingerprint density at radius 1 is 1.22 bits per heavy atom. The number of nitro groups is 1. The molecule has 0 unspecified atom stereocenters. The van der Waals surface area contributed by atoms with Gasteiger partial charge in [-0.2, -0.15) is 5.10 Å². The lowest BCUT2D eigenvalue weighted by atomic mass is 9.97. The highest BCUT2D eigenvalue weighted by molar-refractivity contribution is 6.36. The van der Waals surface area contributed by atoms with E-state index in [0.717, 1.165) is 29.8 Å². The van der Waals surface area contributed by atoms with Gasteiger partial charge in [-0.05, 0) is 18.9 Å². The van der Waals surface area contributed by atoms with Crippen LogP contribution in [0.4, 0.5) is 11.4 Å². The molecule has 2 heterocycles. The Hall–Kier alpha value is -3.19. The predicted molar refractivity (Wildman–Crippen MR) is 104 cm³/mol. The van der Waals surface area contributed by atoms with E-state index in [0.29, 0.717) is 33.1 Å². The number of benzene rings is 2. The van der Waals surface area contributed by atoms with Crippen molar-refractivity contribution >= 4 is 39.6 Å². The van der Waals surface area contributed by atoms with Crippen LogP contribution in [0.2, 0.25) is 5.02 Å². The van der Waals surface area contributed by atoms with E-state index >= 15 is 0 Å². The Morgan fingerprint density at radius 3 is 2.78 bits per heavy atom. The van der Waals surface area contributed by atoms with Crippen LogP contribution in [0.1, 0.15) is 24.0 Å². The number of aromatic amines is 1. The number of nitrogens with one attached hydrogen (secondary N) is 2. The first kappa shape index (κ1) is 16.0. The topological polar surface area (TPSA) is 96.2 Å². The summed E-state index contributed by atoms with van der Waals surface area (Å²) in [5.74, 6) is 0.402. The monoisotopic (exact) mass is 379 g/mol. The number of hydrogen-bond donors (Lipinski definition) is 2. The first-order valence-electron chi connectivity index (χ1n) is 8.58. The smallest absolute Gasteiger partial charge is 0.295 e. The van der Waals surface area contributed by atoms with E-state index in [1.165, 1.54) is 6.07 Å². The van der Waals surface area contributed by atoms with Crippen molar-refractivity contribution in [1.29, 1.82) is 0 Å². The van der Waals surface area contributed by atoms with E-state index in [2.05, 4.69) is 15.5 Å². The number of halogens is 1. The molecule has 27 heavy (non-hydrogen) atoms. The number of fused-ring (bicyclic) bond motifs is 3. The lowest BCUT2D eigenvalue weighted by molar-refractivity contribution is -0.383. The summed E-state index contributed by atoms with van der Waals surface area (Å²) in [6, 6.07) is 8.94. The minimum Gasteiger partial charge on any atom is -0.359 e. The molecule has 3 aromatic rings. The molecule has 0 saturated heterocycles. The molecule has 1 aromatic heterocycles. The molecule has 1 fully saturated rings. The summed E-state index contributed by atoms with van der Waals surface area (Å²) in [6.45, 7) is 0. The number of anilines is 1. The molecule has 2 aromatic carbocycles. The average molecular weight is 380 g/mol. The number of rotatable bonds is 3. The Bertz CT molecular complexity index is 1160. The number of nitro benzene ring substituents is 1. The Balaban J connectivity index is 1.84. The molecule has 1 aliphatic heterocycles. The second-order valence-electron chi connectivity index (χ2n) is 6.66. The van der Waals surface area contributed by atoms with Gasteiger partial charge in [0.25, 0.3) is 5.69 Å². The molecule has 0 amide bonds. The predicted octanol–water partition coefficient (Wildman–Crippen LogP) is 4.64. The number of aromatic nitrogens is 2. The van der Waals surface area contributed by atoms with E-state index in [1.54, 1.807) is 12.3 Å². The van der Waals surface area contributed by atoms with Crippen LogP contribution in [-0.2, 0) is 0 Å². The second-order valence-corrected chi connectivity index (χ2v) is 7.07. The van der Waals surface area contributed by atoms with E-state index in [9.17, 15) is 10.1 Å². The molecule has 2 aliphatic rings. The van der Waals surface area contributed by atoms with Crippen molar-refractivity contribution in [2.45, 2.75) is 12.8 Å². The third-order valence-corrected chi connectivity index (χ3v) is 5.23. The van der Waals surface area contributed by atoms with Crippen LogP contribution in [0, 0.1) is 16.0 Å². The lowest BCUT2D eigenvalue weighted by Gasteiger charge is -2.12. The van der Waals surface area contributed by atoms with Gasteiger partial charge in [0, 0.05) is 34.3 Å². The minimum absolute atomic E-state index is 0.0438. The number of aliphatic imine (C=N–C) groups is 1. The molecule has 5 rings (SSSR count). The van der Waals surface area contributed by atoms with Gasteiger partial charge < -0.3 is 5.32 Å². The number of allylic oxidation sites excluding steroid dienone is 1. The normalized spacial score (nSPS) is 16.2. The molecule has 0 atom stereocenters. The highest BCUT2D eigenvalue weighted by atomic mass is 35.5. The van der Waals surface area contributed by atoms with Crippen molar-refractivity contribution in [2.24, 2.45) is 10.9 Å². The molecule has 1 saturated carbocycles. The number of nitrogens with zero attached hydrogens (tertiary/aromatic N) is 3. The van der Waals surface area contributed by atoms with Crippen molar-refractivity contribution < 1.29 is 4.92 Å². The molecule has 8 heteroatoms. The Kier molecular flexibility index (Phi) is 3.51. The fourth-order valence-corrected chi connectivity index (χ4v) is 3.62. The maximum atomic E-state index is 11.6. The number of non-ortho nitro benzene ring substituents is 1. The van der Waals surface area contributed by atoms with Crippen LogP contribution in [0.3, 0.4) is 0 Å². The summed E-state index contributed by atoms with van der Waals surface area (Å²) in [5, 5.41) is 22.9. The van der Waals surface area contributed by atoms with Crippen LogP contribution in [0.5, 0.6) is 0 Å². The van der Waals surface area contributed by atoms with Crippen molar-refractivity contribution in [3.63, 3.8) is 0 Å². The van der Waals surface area contributed by atoms with Crippen LogP contribution in [0.15, 0.2) is 53.4 Å². The average Bonchev–Trinajstić information content (AvgIpc) is 3.41. The second kappa shape index (κ2) is 5.92. The molecule has 0 spiro atoms. The molecule has 1 aliphatic carbocycles. The molecular formula is C19H14ClN5O2. The third kappa shape index (κ3) is 2.59. The van der Waals surface area contributed by atoms with Crippen molar-refractivity contribution in [3.8, 4) is 0 Å². The zero-order valence-corrected chi connectivity index (χ0v) is 14.8. The summed E-state index contributed by atoms with van der Waals surface area (Å²) >= 11 is 6.45. The van der Waals surface area contributed by atoms with E-state index in [1.807, 2.05) is 24.4 Å². The van der Waals surface area contributed by atoms with Crippen LogP contribution < -0.4 is 5.32 Å². The highest BCUT2D eigenvalue weighted by Crippen LogP contribution is 2.42. The van der Waals surface area contributed by atoms with Gasteiger partial charge in [-0.15, -0.1) is 0 Å². The standard InChI is InChI=1S/C19H14ClN5O2/c20-14-4-2-1-3-11(14)18-12-7-16(25(26)27)19-13(8-22-24-19)17(12)21-9-15(23-18)10-5-6-10/h1-4,7-10,21H,5-6H2,(H,22,24). The van der Waals surface area contributed by atoms with Gasteiger partial charge in [0.2, 0.25) is 0 Å². The Labute approximate surface area is 158 Å². The minimum atomic E-state index is -0.412. The van der Waals surface area contributed by atoms with Crippen LogP contribution in [0.25, 0.3) is 10.9 Å². The maximum Gasteiger partial charge on any atom is 0.295 e. The summed E-state index contributed by atoms with van der Waals surface area (Å²) in [5.41, 5.74) is 4.01. The SMILES string of the molecule is O=[N+]([O-])c1cc2c(c3cn[nH]c13)NC=C(C1CC1)N=C2c1ccccc1Cl. The van der Waals surface area contributed by atoms with E-state index in [-0.39, 0.29) is 5.69 Å². The highest BCUT2D eigenvalue weighted by Gasteiger charge is 2.31. The maximum absolute atomic E-state index is 11.6. The van der Waals surface area contributed by atoms with Gasteiger partial charge in [-0.25, -0.2) is 0 Å². The van der Waals surface area contributed by atoms with Gasteiger partial charge in [-0.3, -0.25) is 20.2 Å². The molecule has 0 radical (unpaired) electrons. The van der Waals surface area contributed by atoms with Gasteiger partial charge in [-0.1, -0.05) is 29.8 Å². The van der Waals surface area contributed by atoms with E-state index < -0.39 is 4.92 Å². The van der Waals surface area contributed by atoms with Crippen molar-refractivity contribution in [1.82, 2.24) is 10.2 Å². The van der Waals surface area contributed by atoms with Crippen molar-refractivity contribution in [2.75, 3.05) is 5.32 Å². The summed E-state index contributed by atoms with van der Waals surface area (Å²) in [7, 11) is 0. The molecule has 134 valence electrons. The fraction of sp³-hybridized carbons (Fsp3) is 0.158. The van der Waals surface area contributed by atoms with Crippen molar-refractivity contribution in [3.05, 3.63) is 74.7 Å². The zero-order valence-electron chi connectivity index (χ0n) is 14.1. The molecule has 7 nitrogen and oxygen atoms in total. The van der Waals surface area contributed by atoms with E-state index in [4.69, 9.17) is 16.6 Å². The van der Waals surface area contributed by atoms with Gasteiger partial charge >= 0.3 is 0 Å². The summed E-state index contributed by atoms with van der Waals surface area (Å²) in [6.07, 6.45) is 5.65. The Morgan fingerprint density at radius 2 is 2.04 bits per heavy atom. The molecule has 0 bridgehead atoms. The number of H-pyrrole nitrogens is 1. The fourth-order valence-electron chi connectivity index (χ4n) is 3.40. The largest absolute Gasteiger partial charge is 0.359 e. The first-order chi connectivity index (χ1) is 13.1. The summed E-state index contributed by atoms with van der Waals surface area (Å²) in [4.78, 5) is 16.1. The quantitative estimate of drug-likeness (QED) is 0.511. The van der Waals surface area contributed by atoms with Gasteiger partial charge in [0.15, 0.2) is 0 Å². The van der Waals surface area contributed by atoms with Gasteiger partial charge in [0.05, 0.1) is 33.6 Å². The van der Waals surface area contributed by atoms with Crippen LogP contribution in [-0.4, -0.2) is 20.8 Å². The van der Waals surface area contributed by atoms with Gasteiger partial charge in [0.1, 0.15) is 5.52 Å².